The molecule has 0 aliphatic carbocycles. The first-order chi connectivity index (χ1) is 11.3. The predicted octanol–water partition coefficient (Wildman–Crippen LogP) is 2.71. The van der Waals surface area contributed by atoms with Gasteiger partial charge in [-0.3, -0.25) is 20.2 Å². The summed E-state index contributed by atoms with van der Waals surface area (Å²) in [7, 11) is 1.54. The van der Waals surface area contributed by atoms with E-state index >= 15 is 0 Å². The SMILES string of the molecule is Cc1nc(CN(C)c2c([N+](=O)[O-])cc(CO)c(C)c2[N+](=O)[O-])cs1. The molecule has 0 aliphatic rings. The van der Waals surface area contributed by atoms with E-state index in [1.54, 1.807) is 12.4 Å². The first kappa shape index (κ1) is 17.8. The minimum Gasteiger partial charge on any atom is -0.392 e. The van der Waals surface area contributed by atoms with Crippen LogP contribution in [-0.4, -0.2) is 27.0 Å². The van der Waals surface area contributed by atoms with Gasteiger partial charge in [-0.2, -0.15) is 0 Å². The molecule has 0 saturated heterocycles. The lowest BCUT2D eigenvalue weighted by Gasteiger charge is -2.19. The first-order valence-electron chi connectivity index (χ1n) is 6.94. The Labute approximate surface area is 141 Å². The Morgan fingerprint density at radius 2 is 1.96 bits per heavy atom. The fraction of sp³-hybridized carbons (Fsp3) is 0.357. The van der Waals surface area contributed by atoms with Crippen LogP contribution >= 0.6 is 11.3 Å². The summed E-state index contributed by atoms with van der Waals surface area (Å²) in [5, 5.41) is 34.9. The van der Waals surface area contributed by atoms with Crippen LogP contribution in [0.25, 0.3) is 0 Å². The smallest absolute Gasteiger partial charge is 0.302 e. The molecule has 0 unspecified atom stereocenters. The molecule has 128 valence electrons. The zero-order valence-corrected chi connectivity index (χ0v) is 14.2. The molecule has 1 aromatic carbocycles. The van der Waals surface area contributed by atoms with Crippen molar-refractivity contribution < 1.29 is 15.0 Å². The molecule has 24 heavy (non-hydrogen) atoms. The fourth-order valence-corrected chi connectivity index (χ4v) is 3.10. The van der Waals surface area contributed by atoms with E-state index in [9.17, 15) is 25.3 Å². The van der Waals surface area contributed by atoms with Gasteiger partial charge < -0.3 is 10.0 Å². The second-order valence-electron chi connectivity index (χ2n) is 5.26. The minimum atomic E-state index is -0.677. The molecule has 0 atom stereocenters. The summed E-state index contributed by atoms with van der Waals surface area (Å²) < 4.78 is 0. The van der Waals surface area contributed by atoms with Gasteiger partial charge in [-0.15, -0.1) is 11.3 Å². The lowest BCUT2D eigenvalue weighted by atomic mass is 10.0. The van der Waals surface area contributed by atoms with Crippen LogP contribution in [0, 0.1) is 34.1 Å². The lowest BCUT2D eigenvalue weighted by Crippen LogP contribution is -2.20. The van der Waals surface area contributed by atoms with Crippen LogP contribution in [0.15, 0.2) is 11.4 Å². The van der Waals surface area contributed by atoms with Gasteiger partial charge in [-0.05, 0) is 19.4 Å². The summed E-state index contributed by atoms with van der Waals surface area (Å²) in [5.41, 5.74) is 0.172. The zero-order chi connectivity index (χ0) is 18.0. The minimum absolute atomic E-state index is 0.0923. The van der Waals surface area contributed by atoms with Gasteiger partial charge in [0.05, 0.1) is 33.7 Å². The number of hydrogen-bond donors (Lipinski definition) is 1. The molecule has 10 heteroatoms. The third-order valence-electron chi connectivity index (χ3n) is 3.61. The van der Waals surface area contributed by atoms with Gasteiger partial charge in [-0.25, -0.2) is 4.98 Å². The highest BCUT2D eigenvalue weighted by molar-refractivity contribution is 7.09. The van der Waals surface area contributed by atoms with Crippen LogP contribution in [0.1, 0.15) is 21.8 Å². The van der Waals surface area contributed by atoms with Gasteiger partial charge in [0.2, 0.25) is 0 Å². The van der Waals surface area contributed by atoms with Crippen molar-refractivity contribution in [2.24, 2.45) is 0 Å². The van der Waals surface area contributed by atoms with E-state index in [2.05, 4.69) is 4.98 Å². The number of rotatable bonds is 6. The van der Waals surface area contributed by atoms with Gasteiger partial charge in [-0.1, -0.05) is 0 Å². The number of nitrogens with zero attached hydrogens (tertiary/aromatic N) is 4. The van der Waals surface area contributed by atoms with Crippen molar-refractivity contribution >= 4 is 28.4 Å². The van der Waals surface area contributed by atoms with Crippen LogP contribution in [0.4, 0.5) is 17.1 Å². The van der Waals surface area contributed by atoms with E-state index in [0.29, 0.717) is 5.69 Å². The molecule has 0 saturated carbocycles. The molecular weight excluding hydrogens is 336 g/mol. The summed E-state index contributed by atoms with van der Waals surface area (Å²) in [4.78, 5) is 27.3. The number of anilines is 1. The first-order valence-corrected chi connectivity index (χ1v) is 7.82. The Morgan fingerprint density at radius 1 is 1.29 bits per heavy atom. The molecule has 1 aromatic heterocycles. The summed E-state index contributed by atoms with van der Waals surface area (Å²) in [6, 6.07) is 1.18. The van der Waals surface area contributed by atoms with Crippen molar-refractivity contribution in [1.82, 2.24) is 4.98 Å². The maximum Gasteiger partial charge on any atom is 0.302 e. The topological polar surface area (TPSA) is 123 Å². The highest BCUT2D eigenvalue weighted by atomic mass is 32.1. The van der Waals surface area contributed by atoms with E-state index in [1.807, 2.05) is 6.92 Å². The Hall–Kier alpha value is -2.59. The molecule has 2 aromatic rings. The Morgan fingerprint density at radius 3 is 2.42 bits per heavy atom. The molecule has 1 heterocycles. The van der Waals surface area contributed by atoms with Crippen LogP contribution in [0.5, 0.6) is 0 Å². The van der Waals surface area contributed by atoms with Crippen molar-refractivity contribution in [1.29, 1.82) is 0 Å². The van der Waals surface area contributed by atoms with E-state index in [1.165, 1.54) is 29.2 Å². The molecule has 0 fully saturated rings. The van der Waals surface area contributed by atoms with E-state index in [-0.39, 0.29) is 29.0 Å². The number of nitro groups is 2. The Balaban J connectivity index is 2.62. The van der Waals surface area contributed by atoms with Crippen molar-refractivity contribution in [3.63, 3.8) is 0 Å². The van der Waals surface area contributed by atoms with Gasteiger partial charge in [0, 0.05) is 24.1 Å². The maximum absolute atomic E-state index is 11.5. The third kappa shape index (κ3) is 3.34. The van der Waals surface area contributed by atoms with Crippen LogP contribution in [0.3, 0.4) is 0 Å². The number of aromatic nitrogens is 1. The van der Waals surface area contributed by atoms with Crippen molar-refractivity contribution in [3.8, 4) is 0 Å². The van der Waals surface area contributed by atoms with Crippen LogP contribution in [0.2, 0.25) is 0 Å². The normalized spacial score (nSPS) is 10.7. The molecule has 0 amide bonds. The third-order valence-corrected chi connectivity index (χ3v) is 4.43. The summed E-state index contributed by atoms with van der Waals surface area (Å²) in [6.07, 6.45) is 0. The predicted molar refractivity (Wildman–Crippen MR) is 89.4 cm³/mol. The van der Waals surface area contributed by atoms with Crippen molar-refractivity contribution in [3.05, 3.63) is 53.5 Å². The van der Waals surface area contributed by atoms with Gasteiger partial charge in [0.15, 0.2) is 5.69 Å². The van der Waals surface area contributed by atoms with E-state index < -0.39 is 22.1 Å². The van der Waals surface area contributed by atoms with E-state index in [0.717, 1.165) is 5.01 Å². The number of aryl methyl sites for hydroxylation is 1. The largest absolute Gasteiger partial charge is 0.392 e. The van der Waals surface area contributed by atoms with E-state index in [4.69, 9.17) is 0 Å². The van der Waals surface area contributed by atoms with Crippen molar-refractivity contribution in [2.75, 3.05) is 11.9 Å². The number of benzene rings is 1. The standard InChI is InChI=1S/C14H16N4O5S/c1-8-10(6-19)4-12(17(20)21)14(13(8)18(22)23)16(3)5-11-7-24-9(2)15-11/h4,7,19H,5-6H2,1-3H3. The quantitative estimate of drug-likeness (QED) is 0.626. The molecule has 1 N–H and O–H groups in total. The highest BCUT2D eigenvalue weighted by Crippen LogP contribution is 2.41. The molecular formula is C14H16N4O5S. The molecule has 0 radical (unpaired) electrons. The summed E-state index contributed by atoms with van der Waals surface area (Å²) >= 11 is 1.43. The van der Waals surface area contributed by atoms with Gasteiger partial charge in [0.25, 0.3) is 5.69 Å². The monoisotopic (exact) mass is 352 g/mol. The maximum atomic E-state index is 11.5. The van der Waals surface area contributed by atoms with Gasteiger partial charge >= 0.3 is 5.69 Å². The Kier molecular flexibility index (Phi) is 5.10. The van der Waals surface area contributed by atoms with Crippen LogP contribution in [-0.2, 0) is 13.2 Å². The molecule has 2 rings (SSSR count). The fourth-order valence-electron chi connectivity index (χ4n) is 2.50. The van der Waals surface area contributed by atoms with Crippen molar-refractivity contribution in [2.45, 2.75) is 27.0 Å². The summed E-state index contributed by atoms with van der Waals surface area (Å²) in [5.74, 6) is 0. The Bertz CT molecular complexity index is 805. The zero-order valence-electron chi connectivity index (χ0n) is 13.3. The second kappa shape index (κ2) is 6.89. The molecule has 0 bridgehead atoms. The lowest BCUT2D eigenvalue weighted by molar-refractivity contribution is -0.393. The number of hydrogen-bond acceptors (Lipinski definition) is 8. The number of thiazole rings is 1. The highest BCUT2D eigenvalue weighted by Gasteiger charge is 2.32. The number of nitro benzene ring substituents is 2. The molecule has 0 aliphatic heterocycles. The average molecular weight is 352 g/mol. The number of aliphatic hydroxyl groups is 1. The summed E-state index contributed by atoms with van der Waals surface area (Å²) in [6.45, 7) is 2.99. The van der Waals surface area contributed by atoms with Gasteiger partial charge in [0.1, 0.15) is 0 Å². The van der Waals surface area contributed by atoms with Crippen LogP contribution < -0.4 is 4.90 Å². The number of aliphatic hydroxyl groups excluding tert-OH is 1. The molecule has 0 spiro atoms. The average Bonchev–Trinajstić information content (AvgIpc) is 2.90. The molecule has 9 nitrogen and oxygen atoms in total. The second-order valence-corrected chi connectivity index (χ2v) is 6.33.